The number of alkyl halides is 6. The second-order valence-electron chi connectivity index (χ2n) is 3.98. The Morgan fingerprint density at radius 1 is 0.654 bits per heavy atom. The Bertz CT molecular complexity index is 736. The predicted octanol–water partition coefficient (Wildman–Crippen LogP) is 3.87. The van der Waals surface area contributed by atoms with Crippen LogP contribution in [0.15, 0.2) is 17.9 Å². The molecule has 0 radical (unpaired) electrons. The fourth-order valence-electron chi connectivity index (χ4n) is 0.874. The van der Waals surface area contributed by atoms with Crippen LogP contribution in [0.5, 0.6) is 0 Å². The number of sulfonamides is 2. The van der Waals surface area contributed by atoms with Gasteiger partial charge in [-0.2, -0.15) is 26.3 Å². The Morgan fingerprint density at radius 2 is 0.885 bits per heavy atom. The van der Waals surface area contributed by atoms with Crippen LogP contribution in [0.3, 0.4) is 0 Å². The monoisotopic (exact) mass is 688 g/mol. The van der Waals surface area contributed by atoms with Crippen LogP contribution in [-0.2, 0) is 20.0 Å². The standard InChI is InChI=1S/C8H6Br4F6N2O4S2/c9-3(1-19-25(21,22)7(13,14)15)5(11)6(12)4(10)2-20-26(23,24)8(16,17)18/h19-20H,1-2H2/b5-3+,6-4+. The van der Waals surface area contributed by atoms with Crippen LogP contribution in [0.1, 0.15) is 0 Å². The molecule has 0 rings (SSSR count). The van der Waals surface area contributed by atoms with Crippen molar-refractivity contribution in [3.63, 3.8) is 0 Å². The lowest BCUT2D eigenvalue weighted by Crippen LogP contribution is -2.37. The number of halogens is 10. The molecule has 6 nitrogen and oxygen atoms in total. The van der Waals surface area contributed by atoms with Gasteiger partial charge in [0.15, 0.2) is 0 Å². The maximum atomic E-state index is 12.2. The SMILES string of the molecule is O=S(=O)(NC/C(Br)=C(Br)/C(Br)=C(\Br)CNS(=O)(=O)C(F)(F)F)C(F)(F)F. The maximum Gasteiger partial charge on any atom is 0.511 e. The van der Waals surface area contributed by atoms with Crippen molar-refractivity contribution >= 4 is 83.8 Å². The van der Waals surface area contributed by atoms with E-state index in [1.165, 1.54) is 9.44 Å². The lowest BCUT2D eigenvalue weighted by Gasteiger charge is -2.12. The molecule has 0 spiro atoms. The van der Waals surface area contributed by atoms with Crippen LogP contribution >= 0.6 is 63.7 Å². The van der Waals surface area contributed by atoms with Crippen LogP contribution in [-0.4, -0.2) is 40.9 Å². The number of hydrogen-bond donors (Lipinski definition) is 2. The molecule has 18 heteroatoms. The van der Waals surface area contributed by atoms with Crippen molar-refractivity contribution in [1.29, 1.82) is 0 Å². The molecule has 0 fully saturated rings. The average Bonchev–Trinajstić information content (AvgIpc) is 2.46. The van der Waals surface area contributed by atoms with E-state index in [1.807, 2.05) is 0 Å². The van der Waals surface area contributed by atoms with Gasteiger partial charge in [-0.3, -0.25) is 0 Å². The Kier molecular flexibility index (Phi) is 9.83. The minimum Gasteiger partial charge on any atom is -0.203 e. The molecule has 0 amide bonds. The summed E-state index contributed by atoms with van der Waals surface area (Å²) in [6, 6.07) is 0. The number of allylic oxidation sites excluding steroid dienone is 2. The average molecular weight is 692 g/mol. The van der Waals surface area contributed by atoms with E-state index in [2.05, 4.69) is 63.7 Å². The summed E-state index contributed by atoms with van der Waals surface area (Å²) >= 11 is 11.3. The zero-order valence-corrected chi connectivity index (χ0v) is 19.6. The molecule has 0 atom stereocenters. The highest BCUT2D eigenvalue weighted by atomic mass is 79.9. The number of rotatable bonds is 7. The van der Waals surface area contributed by atoms with E-state index in [4.69, 9.17) is 0 Å². The second-order valence-corrected chi connectivity index (χ2v) is 11.0. The first kappa shape index (κ1) is 26.8. The van der Waals surface area contributed by atoms with E-state index in [0.29, 0.717) is 0 Å². The molecule has 0 aliphatic rings. The Balaban J connectivity index is 5.29. The van der Waals surface area contributed by atoms with Crippen molar-refractivity contribution < 1.29 is 43.2 Å². The van der Waals surface area contributed by atoms with Gasteiger partial charge in [0.25, 0.3) is 0 Å². The summed E-state index contributed by atoms with van der Waals surface area (Å²) in [4.78, 5) is 0. The van der Waals surface area contributed by atoms with Crippen LogP contribution in [0.25, 0.3) is 0 Å². The normalized spacial score (nSPS) is 16.2. The number of hydrogen-bond acceptors (Lipinski definition) is 4. The van der Waals surface area contributed by atoms with E-state index >= 15 is 0 Å². The molecule has 26 heavy (non-hydrogen) atoms. The fourth-order valence-corrected chi connectivity index (χ4v) is 4.21. The smallest absolute Gasteiger partial charge is 0.203 e. The third-order valence-electron chi connectivity index (χ3n) is 2.11. The topological polar surface area (TPSA) is 92.3 Å². The number of nitrogens with one attached hydrogen (secondary N) is 2. The minimum atomic E-state index is -5.61. The molecule has 0 aromatic heterocycles. The molecule has 0 bridgehead atoms. The first-order chi connectivity index (χ1) is 11.3. The summed E-state index contributed by atoms with van der Waals surface area (Å²) in [5.74, 6) is 0. The third kappa shape index (κ3) is 7.67. The molecule has 0 aliphatic carbocycles. The van der Waals surface area contributed by atoms with Crippen molar-refractivity contribution in [3.05, 3.63) is 17.9 Å². The molecule has 0 aromatic carbocycles. The van der Waals surface area contributed by atoms with Crippen LogP contribution in [0, 0.1) is 0 Å². The lowest BCUT2D eigenvalue weighted by atomic mass is 10.4. The fraction of sp³-hybridized carbons (Fsp3) is 0.500. The highest BCUT2D eigenvalue weighted by Gasteiger charge is 2.46. The lowest BCUT2D eigenvalue weighted by molar-refractivity contribution is -0.0452. The van der Waals surface area contributed by atoms with Crippen LogP contribution in [0.2, 0.25) is 0 Å². The van der Waals surface area contributed by atoms with Crippen molar-refractivity contribution in [3.8, 4) is 0 Å². The van der Waals surface area contributed by atoms with Gasteiger partial charge in [0.1, 0.15) is 0 Å². The van der Waals surface area contributed by atoms with E-state index < -0.39 is 44.2 Å². The molecular formula is C8H6Br4F6N2O4S2. The van der Waals surface area contributed by atoms with Gasteiger partial charge in [-0.1, -0.05) is 31.9 Å². The van der Waals surface area contributed by atoms with Gasteiger partial charge < -0.3 is 0 Å². The summed E-state index contributed by atoms with van der Waals surface area (Å²) in [6.45, 7) is -1.71. The Labute approximate surface area is 177 Å². The van der Waals surface area contributed by atoms with E-state index in [1.54, 1.807) is 0 Å². The molecule has 154 valence electrons. The molecule has 0 unspecified atom stereocenters. The molecule has 0 aliphatic heterocycles. The largest absolute Gasteiger partial charge is 0.511 e. The first-order valence-electron chi connectivity index (χ1n) is 5.54. The van der Waals surface area contributed by atoms with E-state index in [9.17, 15) is 43.2 Å². The predicted molar refractivity (Wildman–Crippen MR) is 95.7 cm³/mol. The summed E-state index contributed by atoms with van der Waals surface area (Å²) < 4.78 is 119. The Morgan fingerprint density at radius 3 is 1.08 bits per heavy atom. The summed E-state index contributed by atoms with van der Waals surface area (Å²) in [7, 11) is -11.2. The van der Waals surface area contributed by atoms with Gasteiger partial charge in [-0.05, 0) is 31.9 Å². The zero-order chi connectivity index (χ0) is 21.1. The first-order valence-corrected chi connectivity index (χ1v) is 11.7. The second kappa shape index (κ2) is 9.53. The molecule has 0 aromatic rings. The highest BCUT2D eigenvalue weighted by Crippen LogP contribution is 2.34. The molecule has 2 N–H and O–H groups in total. The van der Waals surface area contributed by atoms with Gasteiger partial charge in [0.05, 0.1) is 0 Å². The molecular weight excluding hydrogens is 686 g/mol. The van der Waals surface area contributed by atoms with Crippen LogP contribution < -0.4 is 9.44 Å². The van der Waals surface area contributed by atoms with Gasteiger partial charge in [-0.25, -0.2) is 26.3 Å². The summed E-state index contributed by atoms with van der Waals surface area (Å²) in [5, 5.41) is 0. The summed E-state index contributed by atoms with van der Waals surface area (Å²) in [5.41, 5.74) is -11.1. The van der Waals surface area contributed by atoms with E-state index in [0.717, 1.165) is 0 Å². The maximum absolute atomic E-state index is 12.2. The van der Waals surface area contributed by atoms with Gasteiger partial charge in [0, 0.05) is 31.0 Å². The molecule has 0 heterocycles. The third-order valence-corrected chi connectivity index (χ3v) is 9.08. The highest BCUT2D eigenvalue weighted by molar-refractivity contribution is 9.17. The minimum absolute atomic E-state index is 0.0968. The van der Waals surface area contributed by atoms with E-state index in [-0.39, 0.29) is 17.9 Å². The van der Waals surface area contributed by atoms with Gasteiger partial charge >= 0.3 is 31.1 Å². The van der Waals surface area contributed by atoms with Crippen molar-refractivity contribution in [1.82, 2.24) is 9.44 Å². The molecule has 0 saturated carbocycles. The van der Waals surface area contributed by atoms with Crippen molar-refractivity contribution in [2.75, 3.05) is 13.1 Å². The Hall–Kier alpha value is 0.800. The van der Waals surface area contributed by atoms with Crippen molar-refractivity contribution in [2.24, 2.45) is 0 Å². The van der Waals surface area contributed by atoms with Gasteiger partial charge in [-0.15, -0.1) is 0 Å². The quantitative estimate of drug-likeness (QED) is 0.314. The van der Waals surface area contributed by atoms with Gasteiger partial charge in [0.2, 0.25) is 0 Å². The zero-order valence-electron chi connectivity index (χ0n) is 11.6. The molecule has 0 saturated heterocycles. The van der Waals surface area contributed by atoms with Crippen molar-refractivity contribution in [2.45, 2.75) is 11.0 Å². The van der Waals surface area contributed by atoms with Crippen LogP contribution in [0.4, 0.5) is 26.3 Å². The summed E-state index contributed by atoms with van der Waals surface area (Å²) in [6.07, 6.45) is 0.